The summed E-state index contributed by atoms with van der Waals surface area (Å²) >= 11 is 0. The summed E-state index contributed by atoms with van der Waals surface area (Å²) in [6, 6.07) is 1.27. The van der Waals surface area contributed by atoms with Crippen LogP contribution in [0.25, 0.3) is 0 Å². The molecule has 6 heteroatoms. The number of likely N-dealkylation sites (N-methyl/N-ethyl adjacent to an activating group) is 1. The van der Waals surface area contributed by atoms with Gasteiger partial charge in [0.1, 0.15) is 0 Å². The van der Waals surface area contributed by atoms with Crippen molar-refractivity contribution in [2.45, 2.75) is 19.4 Å². The molecule has 1 aliphatic heterocycles. The molecular formula is C13H20F2N4. The van der Waals surface area contributed by atoms with Crippen LogP contribution in [-0.4, -0.2) is 49.7 Å². The predicted octanol–water partition coefficient (Wildman–Crippen LogP) is 1.93. The molecule has 0 radical (unpaired) electrons. The minimum absolute atomic E-state index is 0.0865. The standard InChI is InChI=1S/C13H20F2N4/c1-4-9-8-19(6-5-18(9)3)13-11(15)7-10(14)12(16-2)17-13/h7,9H,4-6,8H2,1-3H3,(H,16,17). The van der Waals surface area contributed by atoms with Gasteiger partial charge >= 0.3 is 0 Å². The van der Waals surface area contributed by atoms with E-state index in [4.69, 9.17) is 0 Å². The summed E-state index contributed by atoms with van der Waals surface area (Å²) in [5.74, 6) is -0.943. The molecule has 0 aliphatic carbocycles. The zero-order valence-corrected chi connectivity index (χ0v) is 11.6. The minimum atomic E-state index is -0.662. The Morgan fingerprint density at radius 3 is 2.74 bits per heavy atom. The first kappa shape index (κ1) is 14.0. The number of anilines is 2. The molecule has 1 unspecified atom stereocenters. The van der Waals surface area contributed by atoms with Gasteiger partial charge in [-0.3, -0.25) is 4.90 Å². The molecule has 1 aromatic heterocycles. The monoisotopic (exact) mass is 270 g/mol. The van der Waals surface area contributed by atoms with Gasteiger partial charge in [-0.25, -0.2) is 13.8 Å². The molecule has 1 atom stereocenters. The first-order valence-corrected chi connectivity index (χ1v) is 6.55. The fraction of sp³-hybridized carbons (Fsp3) is 0.615. The number of halogens is 2. The van der Waals surface area contributed by atoms with Crippen LogP contribution in [0.2, 0.25) is 0 Å². The quantitative estimate of drug-likeness (QED) is 0.909. The van der Waals surface area contributed by atoms with E-state index >= 15 is 0 Å². The summed E-state index contributed by atoms with van der Waals surface area (Å²) in [5, 5.41) is 2.65. The highest BCUT2D eigenvalue weighted by molar-refractivity contribution is 5.49. The summed E-state index contributed by atoms with van der Waals surface area (Å²) < 4.78 is 27.3. The highest BCUT2D eigenvalue weighted by atomic mass is 19.1. The minimum Gasteiger partial charge on any atom is -0.371 e. The normalized spacial score (nSPS) is 20.7. The maximum absolute atomic E-state index is 13.9. The number of piperazine rings is 1. The van der Waals surface area contributed by atoms with Crippen molar-refractivity contribution in [1.29, 1.82) is 0 Å². The molecule has 1 aromatic rings. The van der Waals surface area contributed by atoms with E-state index in [-0.39, 0.29) is 11.6 Å². The van der Waals surface area contributed by atoms with Crippen molar-refractivity contribution in [3.63, 3.8) is 0 Å². The molecule has 19 heavy (non-hydrogen) atoms. The van der Waals surface area contributed by atoms with Crippen molar-refractivity contribution in [1.82, 2.24) is 9.88 Å². The van der Waals surface area contributed by atoms with Crippen molar-refractivity contribution in [2.24, 2.45) is 0 Å². The summed E-state index contributed by atoms with van der Waals surface area (Å²) in [6.07, 6.45) is 0.995. The van der Waals surface area contributed by atoms with Crippen LogP contribution < -0.4 is 10.2 Å². The van der Waals surface area contributed by atoms with Gasteiger partial charge in [0, 0.05) is 38.8 Å². The Kier molecular flexibility index (Phi) is 4.19. The van der Waals surface area contributed by atoms with E-state index in [0.717, 1.165) is 19.0 Å². The summed E-state index contributed by atoms with van der Waals surface area (Å²) in [4.78, 5) is 8.21. The molecule has 2 rings (SSSR count). The molecular weight excluding hydrogens is 250 g/mol. The fourth-order valence-electron chi connectivity index (χ4n) is 2.43. The van der Waals surface area contributed by atoms with Crippen molar-refractivity contribution in [2.75, 3.05) is 43.9 Å². The SMILES string of the molecule is CCC1CN(c2nc(NC)c(F)cc2F)CCN1C. The van der Waals surface area contributed by atoms with Gasteiger partial charge in [0.05, 0.1) is 0 Å². The number of pyridine rings is 1. The third-order valence-corrected chi connectivity index (χ3v) is 3.70. The zero-order chi connectivity index (χ0) is 14.0. The number of rotatable bonds is 3. The van der Waals surface area contributed by atoms with E-state index in [1.54, 1.807) is 7.05 Å². The Morgan fingerprint density at radius 1 is 1.37 bits per heavy atom. The Bertz CT molecular complexity index is 453. The first-order valence-electron chi connectivity index (χ1n) is 6.55. The van der Waals surface area contributed by atoms with E-state index in [1.807, 2.05) is 4.90 Å². The average Bonchev–Trinajstić information content (AvgIpc) is 2.40. The highest BCUT2D eigenvalue weighted by Gasteiger charge is 2.26. The maximum atomic E-state index is 13.9. The van der Waals surface area contributed by atoms with E-state index in [0.29, 0.717) is 19.1 Å². The van der Waals surface area contributed by atoms with Gasteiger partial charge < -0.3 is 10.2 Å². The Hall–Kier alpha value is -1.43. The summed E-state index contributed by atoms with van der Waals surface area (Å²) in [5.41, 5.74) is 0. The van der Waals surface area contributed by atoms with Gasteiger partial charge in [0.25, 0.3) is 0 Å². The molecule has 1 saturated heterocycles. The van der Waals surface area contributed by atoms with E-state index in [2.05, 4.69) is 29.2 Å². The van der Waals surface area contributed by atoms with Gasteiger partial charge in [-0.2, -0.15) is 0 Å². The molecule has 0 bridgehead atoms. The van der Waals surface area contributed by atoms with E-state index < -0.39 is 11.6 Å². The molecule has 1 aliphatic rings. The van der Waals surface area contributed by atoms with Crippen LogP contribution in [0.15, 0.2) is 6.07 Å². The van der Waals surface area contributed by atoms with Crippen LogP contribution in [-0.2, 0) is 0 Å². The number of aromatic nitrogens is 1. The van der Waals surface area contributed by atoms with Gasteiger partial charge in [-0.1, -0.05) is 6.92 Å². The lowest BCUT2D eigenvalue weighted by Crippen LogP contribution is -2.51. The maximum Gasteiger partial charge on any atom is 0.168 e. The van der Waals surface area contributed by atoms with Crippen LogP contribution in [0.3, 0.4) is 0 Å². The van der Waals surface area contributed by atoms with Crippen LogP contribution in [0, 0.1) is 11.6 Å². The topological polar surface area (TPSA) is 31.4 Å². The molecule has 0 spiro atoms. The Labute approximate surface area is 112 Å². The summed E-state index contributed by atoms with van der Waals surface area (Å²) in [6.45, 7) is 4.38. The smallest absolute Gasteiger partial charge is 0.168 e. The molecule has 1 N–H and O–H groups in total. The second-order valence-corrected chi connectivity index (χ2v) is 4.86. The van der Waals surface area contributed by atoms with Gasteiger partial charge in [-0.15, -0.1) is 0 Å². The van der Waals surface area contributed by atoms with Crippen molar-refractivity contribution < 1.29 is 8.78 Å². The van der Waals surface area contributed by atoms with Crippen LogP contribution in [0.1, 0.15) is 13.3 Å². The molecule has 1 fully saturated rings. The Morgan fingerprint density at radius 2 is 2.11 bits per heavy atom. The molecule has 106 valence electrons. The highest BCUT2D eigenvalue weighted by Crippen LogP contribution is 2.24. The number of hydrogen-bond acceptors (Lipinski definition) is 4. The molecule has 4 nitrogen and oxygen atoms in total. The van der Waals surface area contributed by atoms with Crippen molar-refractivity contribution >= 4 is 11.6 Å². The van der Waals surface area contributed by atoms with Crippen LogP contribution >= 0.6 is 0 Å². The first-order chi connectivity index (χ1) is 9.06. The van der Waals surface area contributed by atoms with Gasteiger partial charge in [-0.05, 0) is 13.5 Å². The molecule has 2 heterocycles. The van der Waals surface area contributed by atoms with Gasteiger partial charge in [0.15, 0.2) is 23.3 Å². The second kappa shape index (κ2) is 5.69. The third kappa shape index (κ3) is 2.78. The van der Waals surface area contributed by atoms with Gasteiger partial charge in [0.2, 0.25) is 0 Å². The third-order valence-electron chi connectivity index (χ3n) is 3.70. The van der Waals surface area contributed by atoms with E-state index in [1.165, 1.54) is 0 Å². The zero-order valence-electron chi connectivity index (χ0n) is 11.6. The van der Waals surface area contributed by atoms with Crippen LogP contribution in [0.4, 0.5) is 20.4 Å². The number of nitrogens with zero attached hydrogens (tertiary/aromatic N) is 3. The summed E-state index contributed by atoms with van der Waals surface area (Å²) in [7, 11) is 3.64. The Balaban J connectivity index is 2.26. The second-order valence-electron chi connectivity index (χ2n) is 4.86. The molecule has 0 amide bonds. The van der Waals surface area contributed by atoms with Crippen molar-refractivity contribution in [3.05, 3.63) is 17.7 Å². The number of nitrogens with one attached hydrogen (secondary N) is 1. The fourth-order valence-corrected chi connectivity index (χ4v) is 2.43. The van der Waals surface area contributed by atoms with E-state index in [9.17, 15) is 8.78 Å². The van der Waals surface area contributed by atoms with Crippen molar-refractivity contribution in [3.8, 4) is 0 Å². The lowest BCUT2D eigenvalue weighted by atomic mass is 10.1. The predicted molar refractivity (Wildman–Crippen MR) is 72.6 cm³/mol. The molecule has 0 saturated carbocycles. The average molecular weight is 270 g/mol. The lowest BCUT2D eigenvalue weighted by molar-refractivity contribution is 0.212. The largest absolute Gasteiger partial charge is 0.371 e. The molecule has 0 aromatic carbocycles. The number of hydrogen-bond donors (Lipinski definition) is 1. The lowest BCUT2D eigenvalue weighted by Gasteiger charge is -2.39. The van der Waals surface area contributed by atoms with Crippen LogP contribution in [0.5, 0.6) is 0 Å².